The zero-order chi connectivity index (χ0) is 10.7. The van der Waals surface area contributed by atoms with Gasteiger partial charge in [-0.05, 0) is 40.4 Å². The lowest BCUT2D eigenvalue weighted by Gasteiger charge is -2.12. The zero-order valence-electron chi connectivity index (χ0n) is 8.51. The number of hydrogen-bond acceptors (Lipinski definition) is 1. The van der Waals surface area contributed by atoms with Gasteiger partial charge in [0.1, 0.15) is 5.82 Å². The second kappa shape index (κ2) is 5.08. The molecule has 2 rings (SSSR count). The topological polar surface area (TPSA) is 9.23 Å². The molecule has 0 bridgehead atoms. The Morgan fingerprint density at radius 3 is 2.80 bits per heavy atom. The molecule has 0 unspecified atom stereocenters. The fourth-order valence-corrected chi connectivity index (χ4v) is 2.30. The van der Waals surface area contributed by atoms with Gasteiger partial charge in [0.25, 0.3) is 0 Å². The Balaban J connectivity index is 1.95. The molecule has 1 aliphatic carbocycles. The molecule has 0 heterocycles. The minimum absolute atomic E-state index is 0.220. The summed E-state index contributed by atoms with van der Waals surface area (Å²) in [5, 5.41) is 0. The van der Waals surface area contributed by atoms with E-state index in [2.05, 4.69) is 15.9 Å². The standard InChI is InChI=1S/C12H14BrFO/c13-12-9(4-3-7-11(12)14)8-15-10-5-1-2-6-10/h3-4,7,10H,1-2,5-6,8H2. The molecule has 1 aromatic carbocycles. The second-order valence-corrected chi connectivity index (χ2v) is 4.72. The van der Waals surface area contributed by atoms with Gasteiger partial charge in [0.05, 0.1) is 17.2 Å². The molecule has 0 atom stereocenters. The SMILES string of the molecule is Fc1cccc(COC2CCCC2)c1Br. The Bertz CT molecular complexity index is 334. The fraction of sp³-hybridized carbons (Fsp3) is 0.500. The lowest BCUT2D eigenvalue weighted by atomic mass is 10.2. The maximum absolute atomic E-state index is 13.2. The van der Waals surface area contributed by atoms with Gasteiger partial charge >= 0.3 is 0 Å². The molecule has 15 heavy (non-hydrogen) atoms. The summed E-state index contributed by atoms with van der Waals surface area (Å²) in [6.07, 6.45) is 5.18. The van der Waals surface area contributed by atoms with Crippen molar-refractivity contribution in [3.05, 3.63) is 34.1 Å². The van der Waals surface area contributed by atoms with Crippen LogP contribution < -0.4 is 0 Å². The van der Waals surface area contributed by atoms with Crippen LogP contribution in [0.2, 0.25) is 0 Å². The molecule has 0 aromatic heterocycles. The number of rotatable bonds is 3. The lowest BCUT2D eigenvalue weighted by molar-refractivity contribution is 0.0452. The first-order valence-corrected chi connectivity index (χ1v) is 6.11. The first kappa shape index (κ1) is 11.1. The van der Waals surface area contributed by atoms with E-state index in [9.17, 15) is 4.39 Å². The summed E-state index contributed by atoms with van der Waals surface area (Å²) in [6.45, 7) is 0.503. The van der Waals surface area contributed by atoms with Crippen molar-refractivity contribution in [1.82, 2.24) is 0 Å². The minimum Gasteiger partial charge on any atom is -0.374 e. The largest absolute Gasteiger partial charge is 0.374 e. The Kier molecular flexibility index (Phi) is 3.76. The molecule has 0 N–H and O–H groups in total. The minimum atomic E-state index is -0.220. The van der Waals surface area contributed by atoms with Gasteiger partial charge in [-0.15, -0.1) is 0 Å². The number of benzene rings is 1. The molecule has 1 saturated carbocycles. The van der Waals surface area contributed by atoms with Gasteiger partial charge in [0.2, 0.25) is 0 Å². The van der Waals surface area contributed by atoms with E-state index in [0.717, 1.165) is 18.4 Å². The van der Waals surface area contributed by atoms with E-state index in [1.807, 2.05) is 6.07 Å². The number of ether oxygens (including phenoxy) is 1. The first-order chi connectivity index (χ1) is 7.27. The third kappa shape index (κ3) is 2.79. The van der Waals surface area contributed by atoms with E-state index < -0.39 is 0 Å². The van der Waals surface area contributed by atoms with Crippen molar-refractivity contribution in [2.24, 2.45) is 0 Å². The Labute approximate surface area is 97.8 Å². The lowest BCUT2D eigenvalue weighted by Crippen LogP contribution is -2.07. The van der Waals surface area contributed by atoms with Gasteiger partial charge < -0.3 is 4.74 Å². The van der Waals surface area contributed by atoms with Crippen LogP contribution in [0.4, 0.5) is 4.39 Å². The highest BCUT2D eigenvalue weighted by Crippen LogP contribution is 2.25. The molecule has 0 aliphatic heterocycles. The van der Waals surface area contributed by atoms with Crippen molar-refractivity contribution >= 4 is 15.9 Å². The predicted molar refractivity (Wildman–Crippen MR) is 61.1 cm³/mol. The van der Waals surface area contributed by atoms with E-state index in [1.165, 1.54) is 18.9 Å². The first-order valence-electron chi connectivity index (χ1n) is 5.32. The van der Waals surface area contributed by atoms with Crippen LogP contribution in [0.15, 0.2) is 22.7 Å². The maximum Gasteiger partial charge on any atom is 0.137 e. The summed E-state index contributed by atoms with van der Waals surface area (Å²) in [5.74, 6) is -0.220. The average Bonchev–Trinajstić information content (AvgIpc) is 2.73. The smallest absolute Gasteiger partial charge is 0.137 e. The average molecular weight is 273 g/mol. The number of halogens is 2. The van der Waals surface area contributed by atoms with E-state index in [4.69, 9.17) is 4.74 Å². The van der Waals surface area contributed by atoms with Gasteiger partial charge in [0, 0.05) is 0 Å². The van der Waals surface area contributed by atoms with Gasteiger partial charge in [-0.1, -0.05) is 25.0 Å². The monoisotopic (exact) mass is 272 g/mol. The molecular formula is C12H14BrFO. The normalized spacial score (nSPS) is 17.2. The predicted octanol–water partition coefficient (Wildman–Crippen LogP) is 4.05. The van der Waals surface area contributed by atoms with Gasteiger partial charge in [-0.3, -0.25) is 0 Å². The zero-order valence-corrected chi connectivity index (χ0v) is 10.1. The van der Waals surface area contributed by atoms with Crippen LogP contribution in [0.3, 0.4) is 0 Å². The molecule has 82 valence electrons. The molecular weight excluding hydrogens is 259 g/mol. The Hall–Kier alpha value is -0.410. The molecule has 0 saturated heterocycles. The van der Waals surface area contributed by atoms with E-state index >= 15 is 0 Å². The highest BCUT2D eigenvalue weighted by molar-refractivity contribution is 9.10. The van der Waals surface area contributed by atoms with E-state index in [1.54, 1.807) is 6.07 Å². The van der Waals surface area contributed by atoms with Crippen LogP contribution in [-0.4, -0.2) is 6.10 Å². The van der Waals surface area contributed by atoms with Crippen LogP contribution in [0.25, 0.3) is 0 Å². The quantitative estimate of drug-likeness (QED) is 0.807. The van der Waals surface area contributed by atoms with Crippen molar-refractivity contribution in [3.8, 4) is 0 Å². The van der Waals surface area contributed by atoms with Crippen LogP contribution in [-0.2, 0) is 11.3 Å². The van der Waals surface area contributed by atoms with E-state index in [0.29, 0.717) is 17.2 Å². The van der Waals surface area contributed by atoms with Crippen LogP contribution in [0.5, 0.6) is 0 Å². The van der Waals surface area contributed by atoms with Crippen molar-refractivity contribution in [3.63, 3.8) is 0 Å². The third-order valence-electron chi connectivity index (χ3n) is 2.81. The van der Waals surface area contributed by atoms with Gasteiger partial charge in [-0.2, -0.15) is 0 Å². The second-order valence-electron chi connectivity index (χ2n) is 3.93. The Morgan fingerprint density at radius 1 is 1.33 bits per heavy atom. The van der Waals surface area contributed by atoms with E-state index in [-0.39, 0.29) is 5.82 Å². The summed E-state index contributed by atoms with van der Waals surface area (Å²) in [5.41, 5.74) is 0.891. The molecule has 0 radical (unpaired) electrons. The third-order valence-corrected chi connectivity index (χ3v) is 3.70. The van der Waals surface area contributed by atoms with Crippen LogP contribution in [0.1, 0.15) is 31.2 Å². The summed E-state index contributed by atoms with van der Waals surface area (Å²) in [6, 6.07) is 5.05. The Morgan fingerprint density at radius 2 is 2.07 bits per heavy atom. The highest BCUT2D eigenvalue weighted by Gasteiger charge is 2.16. The molecule has 0 amide bonds. The van der Waals surface area contributed by atoms with Crippen molar-refractivity contribution in [2.75, 3.05) is 0 Å². The highest BCUT2D eigenvalue weighted by atomic mass is 79.9. The summed E-state index contributed by atoms with van der Waals surface area (Å²) in [7, 11) is 0. The fourth-order valence-electron chi connectivity index (χ4n) is 1.92. The summed E-state index contributed by atoms with van der Waals surface area (Å²) in [4.78, 5) is 0. The maximum atomic E-state index is 13.2. The van der Waals surface area contributed by atoms with Crippen molar-refractivity contribution in [2.45, 2.75) is 38.4 Å². The summed E-state index contributed by atoms with van der Waals surface area (Å²) >= 11 is 3.23. The molecule has 1 nitrogen and oxygen atoms in total. The van der Waals surface area contributed by atoms with Gasteiger partial charge in [-0.25, -0.2) is 4.39 Å². The molecule has 1 fully saturated rings. The molecule has 3 heteroatoms. The van der Waals surface area contributed by atoms with Crippen molar-refractivity contribution in [1.29, 1.82) is 0 Å². The van der Waals surface area contributed by atoms with Crippen LogP contribution in [0, 0.1) is 5.82 Å². The molecule has 1 aromatic rings. The van der Waals surface area contributed by atoms with Gasteiger partial charge in [0.15, 0.2) is 0 Å². The van der Waals surface area contributed by atoms with Crippen molar-refractivity contribution < 1.29 is 9.13 Å². The summed E-state index contributed by atoms with van der Waals surface area (Å²) < 4.78 is 19.4. The number of hydrogen-bond donors (Lipinski definition) is 0. The van der Waals surface area contributed by atoms with Crippen LogP contribution >= 0.6 is 15.9 Å². The molecule has 0 spiro atoms. The molecule has 1 aliphatic rings.